The Balaban J connectivity index is 4.25. The summed E-state index contributed by atoms with van der Waals surface area (Å²) < 4.78 is 12.1. The molecule has 0 unspecified atom stereocenters. The van der Waals surface area contributed by atoms with Crippen LogP contribution in [0.5, 0.6) is 0 Å². The van der Waals surface area contributed by atoms with Crippen molar-refractivity contribution in [1.29, 1.82) is 0 Å². The summed E-state index contributed by atoms with van der Waals surface area (Å²) in [6.07, 6.45) is 0. The van der Waals surface area contributed by atoms with Crippen molar-refractivity contribution in [3.8, 4) is 0 Å². The maximum absolute atomic E-state index is 12.1. The first kappa shape index (κ1) is 9.95. The zero-order valence-electron chi connectivity index (χ0n) is 5.18. The summed E-state index contributed by atoms with van der Waals surface area (Å²) >= 11 is 3.42. The van der Waals surface area contributed by atoms with Crippen LogP contribution in [-0.2, 0) is 4.79 Å². The van der Waals surface area contributed by atoms with E-state index < -0.39 is 28.0 Å². The number of hydrogen-bond donors (Lipinski definition) is 2. The third-order valence-corrected chi connectivity index (χ3v) is 1.22. The summed E-state index contributed by atoms with van der Waals surface area (Å²) in [6, 6.07) is -1.84. The third-order valence-electron chi connectivity index (χ3n) is 0.871. The van der Waals surface area contributed by atoms with Crippen molar-refractivity contribution < 1.29 is 19.4 Å². The Labute approximate surface area is 66.1 Å². The van der Waals surface area contributed by atoms with E-state index in [1.165, 1.54) is 0 Å². The lowest BCUT2D eigenvalue weighted by Crippen LogP contribution is -2.40. The molecular formula is C3H5FN2O4S. The van der Waals surface area contributed by atoms with Gasteiger partial charge in [-0.2, -0.15) is 12.6 Å². The predicted octanol–water partition coefficient (Wildman–Crippen LogP) is -0.252. The van der Waals surface area contributed by atoms with Crippen LogP contribution in [0.2, 0.25) is 0 Å². The lowest BCUT2D eigenvalue weighted by atomic mass is 10.4. The van der Waals surface area contributed by atoms with Crippen molar-refractivity contribution in [1.82, 2.24) is 5.23 Å². The molecule has 0 amide bonds. The van der Waals surface area contributed by atoms with Crippen molar-refractivity contribution in [2.75, 3.05) is 5.75 Å². The number of carboxylic acids is 1. The fourth-order valence-electron chi connectivity index (χ4n) is 0.350. The standard InChI is InChI=1S/C3H5FN2O4S/c4-5(6(9)10)2(1-11)3(7)8/h2,11H,1H2,(H,7,8)/t2-/m0/s1. The number of thiol groups is 1. The number of rotatable bonds is 4. The fraction of sp³-hybridized carbons (Fsp3) is 0.667. The van der Waals surface area contributed by atoms with Crippen LogP contribution in [0, 0.1) is 10.1 Å². The zero-order chi connectivity index (χ0) is 9.02. The highest BCUT2D eigenvalue weighted by atomic mass is 32.1. The molecule has 0 rings (SSSR count). The number of nitrogens with zero attached hydrogens (tertiary/aromatic N) is 2. The van der Waals surface area contributed by atoms with E-state index in [9.17, 15) is 19.4 Å². The molecule has 8 heteroatoms. The second-order valence-corrected chi connectivity index (χ2v) is 1.93. The van der Waals surface area contributed by atoms with Gasteiger partial charge in [-0.3, -0.25) is 0 Å². The lowest BCUT2D eigenvalue weighted by molar-refractivity contribution is -0.710. The first-order valence-corrected chi connectivity index (χ1v) is 3.07. The van der Waals surface area contributed by atoms with Gasteiger partial charge in [-0.05, 0) is 4.48 Å². The van der Waals surface area contributed by atoms with Crippen LogP contribution < -0.4 is 0 Å². The largest absolute Gasteiger partial charge is 0.479 e. The quantitative estimate of drug-likeness (QED) is 0.272. The van der Waals surface area contributed by atoms with Crippen LogP contribution in [0.25, 0.3) is 0 Å². The number of nitro groups is 1. The maximum atomic E-state index is 12.1. The summed E-state index contributed by atoms with van der Waals surface area (Å²) in [7, 11) is 0. The molecule has 0 saturated carbocycles. The average molecular weight is 184 g/mol. The Morgan fingerprint density at radius 1 is 1.91 bits per heavy atom. The molecule has 1 N–H and O–H groups in total. The van der Waals surface area contributed by atoms with E-state index in [1.807, 2.05) is 0 Å². The monoisotopic (exact) mass is 184 g/mol. The number of halogens is 1. The Bertz CT molecular complexity index is 177. The molecule has 0 aromatic rings. The Morgan fingerprint density at radius 2 is 2.36 bits per heavy atom. The number of aliphatic carboxylic acids is 1. The average Bonchev–Trinajstić information content (AvgIpc) is 1.88. The summed E-state index contributed by atoms with van der Waals surface area (Å²) in [4.78, 5) is 19.7. The minimum atomic E-state index is -1.84. The third kappa shape index (κ3) is 2.58. The summed E-state index contributed by atoms with van der Waals surface area (Å²) in [5.74, 6) is -2.09. The Morgan fingerprint density at radius 3 is 2.45 bits per heavy atom. The summed E-state index contributed by atoms with van der Waals surface area (Å²) in [6.45, 7) is 0. The minimum absolute atomic E-state index is 0.465. The molecule has 11 heavy (non-hydrogen) atoms. The van der Waals surface area contributed by atoms with Crippen LogP contribution in [0.3, 0.4) is 0 Å². The zero-order valence-corrected chi connectivity index (χ0v) is 6.07. The minimum Gasteiger partial charge on any atom is -0.479 e. The van der Waals surface area contributed by atoms with Crippen molar-refractivity contribution >= 4 is 18.6 Å². The fourth-order valence-corrected chi connectivity index (χ4v) is 0.641. The van der Waals surface area contributed by atoms with Gasteiger partial charge in [0.25, 0.3) is 0 Å². The molecule has 6 nitrogen and oxygen atoms in total. The lowest BCUT2D eigenvalue weighted by Gasteiger charge is -2.08. The first-order chi connectivity index (χ1) is 5.00. The highest BCUT2D eigenvalue weighted by Gasteiger charge is 2.32. The normalized spacial score (nSPS) is 12.2. The molecule has 0 aromatic heterocycles. The van der Waals surface area contributed by atoms with Crippen molar-refractivity contribution in [2.45, 2.75) is 6.04 Å². The van der Waals surface area contributed by atoms with Gasteiger partial charge in [0.2, 0.25) is 6.04 Å². The Hall–Kier alpha value is -1.05. The van der Waals surface area contributed by atoms with Crippen molar-refractivity contribution in [3.63, 3.8) is 0 Å². The van der Waals surface area contributed by atoms with Crippen LogP contribution in [-0.4, -0.2) is 33.1 Å². The SMILES string of the molecule is O=C(O)[C@H](CS)N(F)[N+](=O)[O-]. The van der Waals surface area contributed by atoms with Gasteiger partial charge in [-0.15, -0.1) is 0 Å². The van der Waals surface area contributed by atoms with Gasteiger partial charge in [-0.1, -0.05) is 0 Å². The van der Waals surface area contributed by atoms with E-state index >= 15 is 0 Å². The van der Waals surface area contributed by atoms with Crippen molar-refractivity contribution in [3.05, 3.63) is 10.1 Å². The van der Waals surface area contributed by atoms with E-state index in [0.29, 0.717) is 0 Å². The molecule has 0 aliphatic carbocycles. The van der Waals surface area contributed by atoms with Gasteiger partial charge in [0.15, 0.2) is 5.03 Å². The summed E-state index contributed by atoms with van der Waals surface area (Å²) in [5, 5.41) is 15.4. The second-order valence-electron chi connectivity index (χ2n) is 1.56. The molecule has 0 fully saturated rings. The smallest absolute Gasteiger partial charge is 0.336 e. The molecule has 0 aliphatic rings. The van der Waals surface area contributed by atoms with Crippen LogP contribution in [0.15, 0.2) is 0 Å². The summed E-state index contributed by atoms with van der Waals surface area (Å²) in [5.41, 5.74) is 0. The predicted molar refractivity (Wildman–Crippen MR) is 35.2 cm³/mol. The second kappa shape index (κ2) is 3.96. The number of hydrogen-bond acceptors (Lipinski definition) is 4. The van der Waals surface area contributed by atoms with E-state index in [-0.39, 0.29) is 0 Å². The molecule has 0 radical (unpaired) electrons. The van der Waals surface area contributed by atoms with E-state index in [2.05, 4.69) is 12.6 Å². The molecule has 0 aliphatic heterocycles. The number of hydrazine groups is 1. The van der Waals surface area contributed by atoms with Gasteiger partial charge >= 0.3 is 5.97 Å². The number of carboxylic acid groups (broad SMARTS) is 1. The van der Waals surface area contributed by atoms with Gasteiger partial charge in [0, 0.05) is 5.75 Å². The maximum Gasteiger partial charge on any atom is 0.336 e. The highest BCUT2D eigenvalue weighted by Crippen LogP contribution is 2.02. The van der Waals surface area contributed by atoms with E-state index in [0.717, 1.165) is 0 Å². The van der Waals surface area contributed by atoms with Crippen LogP contribution >= 0.6 is 12.6 Å². The number of carbonyl (C=O) groups is 1. The van der Waals surface area contributed by atoms with Gasteiger partial charge in [0.05, 0.1) is 5.23 Å². The molecule has 0 aromatic carbocycles. The van der Waals surface area contributed by atoms with E-state index in [1.54, 1.807) is 0 Å². The molecule has 0 heterocycles. The topological polar surface area (TPSA) is 83.7 Å². The van der Waals surface area contributed by atoms with Gasteiger partial charge < -0.3 is 5.11 Å². The Kier molecular flexibility index (Phi) is 3.58. The van der Waals surface area contributed by atoms with E-state index in [4.69, 9.17) is 5.11 Å². The highest BCUT2D eigenvalue weighted by molar-refractivity contribution is 7.80. The van der Waals surface area contributed by atoms with Crippen LogP contribution in [0.4, 0.5) is 4.48 Å². The molecule has 64 valence electrons. The molecule has 0 spiro atoms. The molecule has 1 atom stereocenters. The van der Waals surface area contributed by atoms with Crippen LogP contribution in [0.1, 0.15) is 0 Å². The molecule has 0 bridgehead atoms. The molecular weight excluding hydrogens is 179 g/mol. The first-order valence-electron chi connectivity index (χ1n) is 2.43. The van der Waals surface area contributed by atoms with Gasteiger partial charge in [-0.25, -0.2) is 14.9 Å². The van der Waals surface area contributed by atoms with Crippen molar-refractivity contribution in [2.24, 2.45) is 0 Å². The molecule has 0 saturated heterocycles. The van der Waals surface area contributed by atoms with Gasteiger partial charge in [0.1, 0.15) is 0 Å².